The summed E-state index contributed by atoms with van der Waals surface area (Å²) in [6, 6.07) is 17.2. The van der Waals surface area contributed by atoms with E-state index in [-0.39, 0.29) is 5.38 Å². The Morgan fingerprint density at radius 3 is 1.90 bits per heavy atom. The highest BCUT2D eigenvalue weighted by Gasteiger charge is 2.16. The molecule has 0 aliphatic heterocycles. The number of hydrogen-bond acceptors (Lipinski definition) is 0. The first-order valence-electron chi connectivity index (χ1n) is 7.73. The van der Waals surface area contributed by atoms with E-state index in [1.165, 1.54) is 43.2 Å². The summed E-state index contributed by atoms with van der Waals surface area (Å²) in [7, 11) is 0. The second-order valence-corrected chi connectivity index (χ2v) is 7.27. The third kappa shape index (κ3) is 3.70. The van der Waals surface area contributed by atoms with Crippen LogP contribution in [0.3, 0.4) is 0 Å². The molecule has 2 aromatic rings. The zero-order valence-electron chi connectivity index (χ0n) is 12.1. The third-order valence-electron chi connectivity index (χ3n) is 4.47. The molecule has 0 N–H and O–H groups in total. The van der Waals surface area contributed by atoms with Gasteiger partial charge in [-0.1, -0.05) is 71.6 Å². The van der Waals surface area contributed by atoms with Gasteiger partial charge >= 0.3 is 0 Å². The molecule has 0 aromatic heterocycles. The standard InChI is InChI=1S/C19H20BrCl/c20-18-12-10-17(11-13-18)19(21)16-8-6-15(7-9-16)14-4-2-1-3-5-14/h6-14,19H,1-5H2. The van der Waals surface area contributed by atoms with Crippen LogP contribution in [-0.2, 0) is 0 Å². The SMILES string of the molecule is ClC(c1ccc(Br)cc1)c1ccc(C2CCCCC2)cc1. The summed E-state index contributed by atoms with van der Waals surface area (Å²) in [5.41, 5.74) is 3.81. The van der Waals surface area contributed by atoms with Crippen molar-refractivity contribution in [3.63, 3.8) is 0 Å². The summed E-state index contributed by atoms with van der Waals surface area (Å²) in [6.07, 6.45) is 6.85. The van der Waals surface area contributed by atoms with E-state index in [1.54, 1.807) is 0 Å². The molecular formula is C19H20BrCl. The summed E-state index contributed by atoms with van der Waals surface area (Å²) >= 11 is 10.1. The van der Waals surface area contributed by atoms with E-state index in [2.05, 4.69) is 52.3 Å². The number of hydrogen-bond donors (Lipinski definition) is 0. The molecular weight excluding hydrogens is 344 g/mol. The van der Waals surface area contributed by atoms with Crippen LogP contribution in [0.5, 0.6) is 0 Å². The summed E-state index contributed by atoms with van der Waals surface area (Å²) in [5, 5.41) is -0.0708. The van der Waals surface area contributed by atoms with Crippen molar-refractivity contribution in [2.45, 2.75) is 43.4 Å². The molecule has 1 unspecified atom stereocenters. The molecule has 1 aliphatic rings. The summed E-state index contributed by atoms with van der Waals surface area (Å²) in [5.74, 6) is 0.759. The van der Waals surface area contributed by atoms with Crippen LogP contribution in [0, 0.1) is 0 Å². The molecule has 0 radical (unpaired) electrons. The van der Waals surface area contributed by atoms with Gasteiger partial charge in [-0.3, -0.25) is 0 Å². The Morgan fingerprint density at radius 2 is 1.33 bits per heavy atom. The van der Waals surface area contributed by atoms with E-state index < -0.39 is 0 Å². The zero-order chi connectivity index (χ0) is 14.7. The van der Waals surface area contributed by atoms with E-state index in [4.69, 9.17) is 11.6 Å². The monoisotopic (exact) mass is 362 g/mol. The lowest BCUT2D eigenvalue weighted by atomic mass is 9.84. The van der Waals surface area contributed by atoms with Crippen molar-refractivity contribution >= 4 is 27.5 Å². The van der Waals surface area contributed by atoms with Gasteiger partial charge in [0.05, 0.1) is 5.38 Å². The van der Waals surface area contributed by atoms with Crippen molar-refractivity contribution in [1.82, 2.24) is 0 Å². The maximum atomic E-state index is 6.61. The first kappa shape index (κ1) is 15.1. The van der Waals surface area contributed by atoms with Crippen LogP contribution in [0.4, 0.5) is 0 Å². The van der Waals surface area contributed by atoms with E-state index in [9.17, 15) is 0 Å². The van der Waals surface area contributed by atoms with Crippen molar-refractivity contribution < 1.29 is 0 Å². The van der Waals surface area contributed by atoms with Crippen molar-refractivity contribution in [3.05, 3.63) is 69.7 Å². The number of benzene rings is 2. The average molecular weight is 364 g/mol. The Hall–Kier alpha value is -0.790. The minimum absolute atomic E-state index is 0.0708. The molecule has 0 amide bonds. The number of rotatable bonds is 3. The number of halogens is 2. The Morgan fingerprint density at radius 1 is 0.810 bits per heavy atom. The Bertz CT molecular complexity index is 568. The molecule has 1 fully saturated rings. The van der Waals surface area contributed by atoms with Gasteiger partial charge in [0, 0.05) is 4.47 Å². The summed E-state index contributed by atoms with van der Waals surface area (Å²) in [4.78, 5) is 0. The lowest BCUT2D eigenvalue weighted by Gasteiger charge is -2.22. The van der Waals surface area contributed by atoms with Crippen LogP contribution < -0.4 is 0 Å². The van der Waals surface area contributed by atoms with Gasteiger partial charge in [-0.15, -0.1) is 11.6 Å². The van der Waals surface area contributed by atoms with E-state index in [1.807, 2.05) is 12.1 Å². The van der Waals surface area contributed by atoms with Gasteiger partial charge in [-0.2, -0.15) is 0 Å². The van der Waals surface area contributed by atoms with Crippen LogP contribution in [0.1, 0.15) is 60.1 Å². The molecule has 21 heavy (non-hydrogen) atoms. The van der Waals surface area contributed by atoms with Gasteiger partial charge in [-0.25, -0.2) is 0 Å². The second kappa shape index (κ2) is 6.98. The zero-order valence-corrected chi connectivity index (χ0v) is 14.4. The average Bonchev–Trinajstić information content (AvgIpc) is 2.56. The molecule has 3 rings (SSSR count). The van der Waals surface area contributed by atoms with Crippen LogP contribution in [0.25, 0.3) is 0 Å². The quantitative estimate of drug-likeness (QED) is 0.524. The van der Waals surface area contributed by atoms with Crippen molar-refractivity contribution in [2.75, 3.05) is 0 Å². The molecule has 0 saturated heterocycles. The Kier molecular flexibility index (Phi) is 5.03. The van der Waals surface area contributed by atoms with E-state index in [0.29, 0.717) is 0 Å². The van der Waals surface area contributed by atoms with Gasteiger partial charge < -0.3 is 0 Å². The fourth-order valence-electron chi connectivity index (χ4n) is 3.20. The molecule has 2 heteroatoms. The van der Waals surface area contributed by atoms with Gasteiger partial charge in [-0.05, 0) is 47.6 Å². The highest BCUT2D eigenvalue weighted by atomic mass is 79.9. The molecule has 1 saturated carbocycles. The van der Waals surface area contributed by atoms with Crippen molar-refractivity contribution in [3.8, 4) is 0 Å². The maximum absolute atomic E-state index is 6.61. The van der Waals surface area contributed by atoms with Gasteiger partial charge in [0.15, 0.2) is 0 Å². The van der Waals surface area contributed by atoms with Crippen LogP contribution in [0.2, 0.25) is 0 Å². The smallest absolute Gasteiger partial charge is 0.0835 e. The molecule has 0 spiro atoms. The lowest BCUT2D eigenvalue weighted by Crippen LogP contribution is -2.04. The first-order chi connectivity index (χ1) is 10.2. The van der Waals surface area contributed by atoms with Gasteiger partial charge in [0.1, 0.15) is 0 Å². The predicted molar refractivity (Wildman–Crippen MR) is 94.1 cm³/mol. The molecule has 0 heterocycles. The Balaban J connectivity index is 1.75. The highest BCUT2D eigenvalue weighted by Crippen LogP contribution is 2.35. The fourth-order valence-corrected chi connectivity index (χ4v) is 3.75. The first-order valence-corrected chi connectivity index (χ1v) is 8.96. The van der Waals surface area contributed by atoms with Crippen molar-refractivity contribution in [2.24, 2.45) is 0 Å². The lowest BCUT2D eigenvalue weighted by molar-refractivity contribution is 0.443. The minimum atomic E-state index is -0.0708. The van der Waals surface area contributed by atoms with Crippen LogP contribution >= 0.6 is 27.5 Å². The fraction of sp³-hybridized carbons (Fsp3) is 0.368. The topological polar surface area (TPSA) is 0 Å². The molecule has 1 aliphatic carbocycles. The van der Waals surface area contributed by atoms with Crippen molar-refractivity contribution in [1.29, 1.82) is 0 Å². The largest absolute Gasteiger partial charge is 0.113 e. The third-order valence-corrected chi connectivity index (χ3v) is 5.50. The van der Waals surface area contributed by atoms with Gasteiger partial charge in [0.25, 0.3) is 0 Å². The molecule has 110 valence electrons. The summed E-state index contributed by atoms with van der Waals surface area (Å²) in [6.45, 7) is 0. The molecule has 0 nitrogen and oxygen atoms in total. The molecule has 0 bridgehead atoms. The minimum Gasteiger partial charge on any atom is -0.113 e. The normalized spacial score (nSPS) is 17.6. The van der Waals surface area contributed by atoms with Gasteiger partial charge in [0.2, 0.25) is 0 Å². The van der Waals surface area contributed by atoms with E-state index >= 15 is 0 Å². The maximum Gasteiger partial charge on any atom is 0.0835 e. The van der Waals surface area contributed by atoms with Crippen LogP contribution in [0.15, 0.2) is 53.0 Å². The number of alkyl halides is 1. The molecule has 2 aromatic carbocycles. The molecule has 1 atom stereocenters. The second-order valence-electron chi connectivity index (χ2n) is 5.92. The van der Waals surface area contributed by atoms with E-state index in [0.717, 1.165) is 16.0 Å². The Labute approximate surface area is 140 Å². The highest BCUT2D eigenvalue weighted by molar-refractivity contribution is 9.10. The van der Waals surface area contributed by atoms with Crippen LogP contribution in [-0.4, -0.2) is 0 Å². The summed E-state index contributed by atoms with van der Waals surface area (Å²) < 4.78 is 1.09. The predicted octanol–water partition coefficient (Wildman–Crippen LogP) is 6.83.